The fourth-order valence-corrected chi connectivity index (χ4v) is 2.47. The molecule has 7 nitrogen and oxygen atoms in total. The predicted octanol–water partition coefficient (Wildman–Crippen LogP) is 1.11. The summed E-state index contributed by atoms with van der Waals surface area (Å²) < 4.78 is 0. The molecule has 1 aromatic carbocycles. The Morgan fingerprint density at radius 1 is 1.35 bits per heavy atom. The number of nitrogens with zero attached hydrogens (tertiary/aromatic N) is 3. The summed E-state index contributed by atoms with van der Waals surface area (Å²) in [5, 5.41) is 19.9. The van der Waals surface area contributed by atoms with Crippen LogP contribution in [0.3, 0.4) is 0 Å². The van der Waals surface area contributed by atoms with Crippen LogP contribution >= 0.6 is 0 Å². The van der Waals surface area contributed by atoms with Gasteiger partial charge in [-0.05, 0) is 13.0 Å². The lowest BCUT2D eigenvalue weighted by molar-refractivity contribution is -0.384. The lowest BCUT2D eigenvalue weighted by Gasteiger charge is -2.35. The van der Waals surface area contributed by atoms with E-state index in [1.165, 1.54) is 0 Å². The fourth-order valence-electron chi connectivity index (χ4n) is 2.47. The van der Waals surface area contributed by atoms with Gasteiger partial charge in [0.15, 0.2) is 0 Å². The largest absolute Gasteiger partial charge is 0.480 e. The van der Waals surface area contributed by atoms with Crippen molar-refractivity contribution in [1.82, 2.24) is 4.90 Å². The molecule has 0 unspecified atom stereocenters. The van der Waals surface area contributed by atoms with Crippen molar-refractivity contribution in [3.63, 3.8) is 0 Å². The van der Waals surface area contributed by atoms with Crippen LogP contribution in [-0.4, -0.2) is 53.6 Å². The van der Waals surface area contributed by atoms with Crippen molar-refractivity contribution < 1.29 is 14.8 Å². The molecule has 0 amide bonds. The van der Waals surface area contributed by atoms with E-state index in [-0.39, 0.29) is 17.2 Å². The molecule has 0 aliphatic carbocycles. The zero-order valence-corrected chi connectivity index (χ0v) is 11.3. The zero-order chi connectivity index (χ0) is 14.7. The van der Waals surface area contributed by atoms with E-state index >= 15 is 0 Å². The van der Waals surface area contributed by atoms with Gasteiger partial charge in [-0.2, -0.15) is 0 Å². The third-order valence-electron chi connectivity index (χ3n) is 3.47. The average Bonchev–Trinajstić information content (AvgIpc) is 2.38. The van der Waals surface area contributed by atoms with Gasteiger partial charge < -0.3 is 10.0 Å². The first-order chi connectivity index (χ1) is 9.49. The first-order valence-electron chi connectivity index (χ1n) is 6.42. The van der Waals surface area contributed by atoms with Crippen molar-refractivity contribution in [3.8, 4) is 0 Å². The molecule has 7 heteroatoms. The summed E-state index contributed by atoms with van der Waals surface area (Å²) in [6.07, 6.45) is 0. The summed E-state index contributed by atoms with van der Waals surface area (Å²) in [4.78, 5) is 25.3. The summed E-state index contributed by atoms with van der Waals surface area (Å²) in [7, 11) is 0. The number of piperazine rings is 1. The molecule has 1 heterocycles. The molecule has 1 N–H and O–H groups in total. The maximum atomic E-state index is 11.2. The Labute approximate surface area is 116 Å². The van der Waals surface area contributed by atoms with Gasteiger partial charge in [-0.25, -0.2) is 0 Å². The first-order valence-corrected chi connectivity index (χ1v) is 6.42. The lowest BCUT2D eigenvalue weighted by atomic mass is 10.1. The number of para-hydroxylation sites is 1. The molecule has 0 radical (unpaired) electrons. The van der Waals surface area contributed by atoms with E-state index in [1.807, 2.05) is 9.80 Å². The van der Waals surface area contributed by atoms with Crippen LogP contribution in [0.25, 0.3) is 0 Å². The normalized spacial score (nSPS) is 16.1. The number of anilines is 1. The number of nitro groups is 1. The standard InChI is InChI=1S/C13H17N3O4/c1-10-3-2-4-11(13(10)16(19)20)15-7-5-14(6-8-15)9-12(17)18/h2-4H,5-9H2,1H3,(H,17,18). The number of aryl methyl sites for hydroxylation is 1. The van der Waals surface area contributed by atoms with Crippen LogP contribution in [0.1, 0.15) is 5.56 Å². The average molecular weight is 279 g/mol. The quantitative estimate of drug-likeness (QED) is 0.656. The van der Waals surface area contributed by atoms with E-state index in [0.717, 1.165) is 0 Å². The molecule has 2 rings (SSSR count). The monoisotopic (exact) mass is 279 g/mol. The number of aliphatic carboxylic acids is 1. The summed E-state index contributed by atoms with van der Waals surface area (Å²) in [5.41, 5.74) is 1.39. The summed E-state index contributed by atoms with van der Waals surface area (Å²) in [6.45, 7) is 4.12. The van der Waals surface area contributed by atoms with E-state index < -0.39 is 5.97 Å². The summed E-state index contributed by atoms with van der Waals surface area (Å²) >= 11 is 0. The third kappa shape index (κ3) is 3.05. The Kier molecular flexibility index (Phi) is 4.19. The van der Waals surface area contributed by atoms with E-state index in [1.54, 1.807) is 25.1 Å². The minimum Gasteiger partial charge on any atom is -0.480 e. The van der Waals surface area contributed by atoms with Crippen molar-refractivity contribution in [2.24, 2.45) is 0 Å². The van der Waals surface area contributed by atoms with Crippen LogP contribution in [0.4, 0.5) is 11.4 Å². The minimum absolute atomic E-state index is 0.0176. The van der Waals surface area contributed by atoms with E-state index in [4.69, 9.17) is 5.11 Å². The zero-order valence-electron chi connectivity index (χ0n) is 11.3. The Morgan fingerprint density at radius 2 is 2.00 bits per heavy atom. The molecule has 0 atom stereocenters. The maximum absolute atomic E-state index is 11.2. The number of carboxylic acids is 1. The van der Waals surface area contributed by atoms with E-state index in [0.29, 0.717) is 37.4 Å². The Balaban J connectivity index is 2.13. The Morgan fingerprint density at radius 3 is 2.55 bits per heavy atom. The molecule has 1 fully saturated rings. The van der Waals surface area contributed by atoms with Gasteiger partial charge in [0.2, 0.25) is 0 Å². The Bertz CT molecular complexity index is 524. The van der Waals surface area contributed by atoms with Crippen LogP contribution in [-0.2, 0) is 4.79 Å². The topological polar surface area (TPSA) is 86.9 Å². The second kappa shape index (κ2) is 5.87. The second-order valence-electron chi connectivity index (χ2n) is 4.86. The molecular weight excluding hydrogens is 262 g/mol. The van der Waals surface area contributed by atoms with Crippen molar-refractivity contribution in [3.05, 3.63) is 33.9 Å². The van der Waals surface area contributed by atoms with Crippen molar-refractivity contribution >= 4 is 17.3 Å². The number of nitro benzene ring substituents is 1. The number of carboxylic acid groups (broad SMARTS) is 1. The van der Waals surface area contributed by atoms with E-state index in [9.17, 15) is 14.9 Å². The molecule has 1 aromatic rings. The van der Waals surface area contributed by atoms with Gasteiger partial charge in [-0.1, -0.05) is 12.1 Å². The van der Waals surface area contributed by atoms with E-state index in [2.05, 4.69) is 0 Å². The number of benzene rings is 1. The molecule has 1 aliphatic heterocycles. The van der Waals surface area contributed by atoms with Crippen molar-refractivity contribution in [2.75, 3.05) is 37.6 Å². The molecule has 108 valence electrons. The first kappa shape index (κ1) is 14.3. The predicted molar refractivity (Wildman–Crippen MR) is 74.1 cm³/mol. The minimum atomic E-state index is -0.847. The van der Waals surface area contributed by atoms with Crippen molar-refractivity contribution in [1.29, 1.82) is 0 Å². The maximum Gasteiger partial charge on any atom is 0.317 e. The van der Waals surface area contributed by atoms with Crippen LogP contribution in [0.5, 0.6) is 0 Å². The lowest BCUT2D eigenvalue weighted by Crippen LogP contribution is -2.48. The number of hydrogen-bond donors (Lipinski definition) is 1. The highest BCUT2D eigenvalue weighted by molar-refractivity contribution is 5.69. The highest BCUT2D eigenvalue weighted by Crippen LogP contribution is 2.31. The number of rotatable bonds is 4. The second-order valence-corrected chi connectivity index (χ2v) is 4.86. The highest BCUT2D eigenvalue weighted by Gasteiger charge is 2.25. The molecule has 0 saturated carbocycles. The smallest absolute Gasteiger partial charge is 0.317 e. The molecular formula is C13H17N3O4. The van der Waals surface area contributed by atoms with Crippen molar-refractivity contribution in [2.45, 2.75) is 6.92 Å². The fraction of sp³-hybridized carbons (Fsp3) is 0.462. The Hall–Kier alpha value is -2.15. The van der Waals surface area contributed by atoms with Gasteiger partial charge in [-0.3, -0.25) is 19.8 Å². The van der Waals surface area contributed by atoms with Crippen LogP contribution < -0.4 is 4.90 Å². The third-order valence-corrected chi connectivity index (χ3v) is 3.47. The van der Waals surface area contributed by atoms with Gasteiger partial charge >= 0.3 is 5.97 Å². The molecule has 0 bridgehead atoms. The summed E-state index contributed by atoms with van der Waals surface area (Å²) in [5.74, 6) is -0.847. The number of hydrogen-bond acceptors (Lipinski definition) is 5. The van der Waals surface area contributed by atoms with Gasteiger partial charge in [-0.15, -0.1) is 0 Å². The SMILES string of the molecule is Cc1cccc(N2CCN(CC(=O)O)CC2)c1[N+](=O)[O-]. The summed E-state index contributed by atoms with van der Waals surface area (Å²) in [6, 6.07) is 5.28. The molecule has 20 heavy (non-hydrogen) atoms. The van der Waals surface area contributed by atoms with Gasteiger partial charge in [0, 0.05) is 31.7 Å². The van der Waals surface area contributed by atoms with Crippen LogP contribution in [0.2, 0.25) is 0 Å². The van der Waals surface area contributed by atoms with Crippen LogP contribution in [0.15, 0.2) is 18.2 Å². The van der Waals surface area contributed by atoms with Crippen LogP contribution in [0, 0.1) is 17.0 Å². The van der Waals surface area contributed by atoms with Gasteiger partial charge in [0.1, 0.15) is 5.69 Å². The molecule has 0 aromatic heterocycles. The number of carbonyl (C=O) groups is 1. The highest BCUT2D eigenvalue weighted by atomic mass is 16.6. The molecule has 1 saturated heterocycles. The molecule has 1 aliphatic rings. The molecule has 0 spiro atoms. The van der Waals surface area contributed by atoms with Gasteiger partial charge in [0.25, 0.3) is 5.69 Å². The van der Waals surface area contributed by atoms with Gasteiger partial charge in [0.05, 0.1) is 11.5 Å².